The van der Waals surface area contributed by atoms with E-state index in [9.17, 15) is 4.79 Å². The SMILES string of the molecule is O=C1c2cn(Cc3ccccc3)cc2C=CCN1CCCN1CCN(c2ccc(Cl)cc2)CC1. The van der Waals surface area contributed by atoms with Gasteiger partial charge in [-0.05, 0) is 42.8 Å². The van der Waals surface area contributed by atoms with Crippen molar-refractivity contribution in [1.82, 2.24) is 14.4 Å². The molecule has 5 nitrogen and oxygen atoms in total. The second kappa shape index (κ2) is 10.5. The Morgan fingerprint density at radius 2 is 1.62 bits per heavy atom. The third-order valence-electron chi connectivity index (χ3n) is 6.73. The first kappa shape index (κ1) is 22.8. The lowest BCUT2D eigenvalue weighted by Crippen LogP contribution is -2.47. The molecule has 3 heterocycles. The molecule has 6 heteroatoms. The Morgan fingerprint density at radius 3 is 2.38 bits per heavy atom. The van der Waals surface area contributed by atoms with Crippen LogP contribution in [0.5, 0.6) is 0 Å². The molecule has 1 aromatic heterocycles. The lowest BCUT2D eigenvalue weighted by molar-refractivity contribution is 0.0767. The van der Waals surface area contributed by atoms with Crippen LogP contribution in [0, 0.1) is 0 Å². The normalized spacial score (nSPS) is 16.6. The summed E-state index contributed by atoms with van der Waals surface area (Å²) >= 11 is 6.02. The van der Waals surface area contributed by atoms with E-state index in [1.54, 1.807) is 0 Å². The van der Waals surface area contributed by atoms with Gasteiger partial charge in [-0.25, -0.2) is 0 Å². The number of anilines is 1. The summed E-state index contributed by atoms with van der Waals surface area (Å²) in [5, 5.41) is 0.778. The number of hydrogen-bond acceptors (Lipinski definition) is 3. The standard InChI is InChI=1S/C28H31ClN4O/c29-25-9-11-26(12-10-25)32-18-16-30(17-19-32)13-5-15-33-14-4-8-24-21-31(22-27(24)28(33)34)20-23-6-2-1-3-7-23/h1-4,6-12,21-22H,5,13-20H2. The van der Waals surface area contributed by atoms with Gasteiger partial charge in [0.15, 0.2) is 0 Å². The van der Waals surface area contributed by atoms with Gasteiger partial charge in [0, 0.05) is 74.5 Å². The highest BCUT2D eigenvalue weighted by molar-refractivity contribution is 6.30. The van der Waals surface area contributed by atoms with E-state index in [0.29, 0.717) is 6.54 Å². The molecule has 1 saturated heterocycles. The highest BCUT2D eigenvalue weighted by Crippen LogP contribution is 2.21. The number of benzene rings is 2. The topological polar surface area (TPSA) is 31.7 Å². The number of carbonyl (C=O) groups is 1. The fraction of sp³-hybridized carbons (Fsp3) is 0.321. The number of amides is 1. The van der Waals surface area contributed by atoms with Crippen molar-refractivity contribution in [3.63, 3.8) is 0 Å². The third-order valence-corrected chi connectivity index (χ3v) is 6.98. The summed E-state index contributed by atoms with van der Waals surface area (Å²) in [6.45, 7) is 7.38. The molecule has 1 amide bonds. The summed E-state index contributed by atoms with van der Waals surface area (Å²) in [7, 11) is 0. The second-order valence-corrected chi connectivity index (χ2v) is 9.53. The monoisotopic (exact) mass is 474 g/mol. The lowest BCUT2D eigenvalue weighted by atomic mass is 10.2. The third kappa shape index (κ3) is 5.37. The Bertz CT molecular complexity index is 1130. The lowest BCUT2D eigenvalue weighted by Gasteiger charge is -2.36. The van der Waals surface area contributed by atoms with E-state index < -0.39 is 0 Å². The number of rotatable bonds is 7. The zero-order valence-corrected chi connectivity index (χ0v) is 20.2. The maximum Gasteiger partial charge on any atom is 0.256 e. The van der Waals surface area contributed by atoms with E-state index in [1.807, 2.05) is 41.4 Å². The maximum absolute atomic E-state index is 13.3. The van der Waals surface area contributed by atoms with Gasteiger partial charge in [0.25, 0.3) is 5.91 Å². The Morgan fingerprint density at radius 1 is 0.853 bits per heavy atom. The molecule has 0 spiro atoms. The molecule has 2 aromatic carbocycles. The van der Waals surface area contributed by atoms with Crippen molar-refractivity contribution >= 4 is 29.3 Å². The second-order valence-electron chi connectivity index (χ2n) is 9.10. The van der Waals surface area contributed by atoms with E-state index in [-0.39, 0.29) is 5.91 Å². The molecule has 0 aliphatic carbocycles. The first-order chi connectivity index (χ1) is 16.7. The van der Waals surface area contributed by atoms with E-state index in [4.69, 9.17) is 11.6 Å². The first-order valence-corrected chi connectivity index (χ1v) is 12.5. The highest BCUT2D eigenvalue weighted by atomic mass is 35.5. The Hall–Kier alpha value is -3.02. The summed E-state index contributed by atoms with van der Waals surface area (Å²) in [5.74, 6) is 0.138. The van der Waals surface area contributed by atoms with Gasteiger partial charge in [-0.15, -0.1) is 0 Å². The minimum absolute atomic E-state index is 0.138. The number of aromatic nitrogens is 1. The van der Waals surface area contributed by atoms with Gasteiger partial charge in [0.1, 0.15) is 0 Å². The van der Waals surface area contributed by atoms with Crippen LogP contribution < -0.4 is 4.90 Å². The largest absolute Gasteiger partial charge is 0.369 e. The van der Waals surface area contributed by atoms with Crippen molar-refractivity contribution in [2.45, 2.75) is 13.0 Å². The molecular formula is C28H31ClN4O. The van der Waals surface area contributed by atoms with Gasteiger partial charge in [0.2, 0.25) is 0 Å². The van der Waals surface area contributed by atoms with Crippen LogP contribution in [-0.4, -0.2) is 66.1 Å². The molecule has 1 fully saturated rings. The fourth-order valence-electron chi connectivity index (χ4n) is 4.84. The van der Waals surface area contributed by atoms with Crippen LogP contribution in [0.2, 0.25) is 5.02 Å². The fourth-order valence-corrected chi connectivity index (χ4v) is 4.97. The quantitative estimate of drug-likeness (QED) is 0.489. The number of nitrogens with zero attached hydrogens (tertiary/aromatic N) is 4. The summed E-state index contributed by atoms with van der Waals surface area (Å²) < 4.78 is 2.12. The molecule has 34 heavy (non-hydrogen) atoms. The average molecular weight is 475 g/mol. The minimum atomic E-state index is 0.138. The Labute approximate surface area is 206 Å². The molecule has 0 saturated carbocycles. The van der Waals surface area contributed by atoms with Crippen molar-refractivity contribution in [3.8, 4) is 0 Å². The van der Waals surface area contributed by atoms with E-state index >= 15 is 0 Å². The van der Waals surface area contributed by atoms with E-state index in [0.717, 1.165) is 68.4 Å². The number of fused-ring (bicyclic) bond motifs is 1. The average Bonchev–Trinajstić information content (AvgIpc) is 3.20. The predicted molar refractivity (Wildman–Crippen MR) is 140 cm³/mol. The van der Waals surface area contributed by atoms with E-state index in [2.05, 4.69) is 57.0 Å². The molecule has 0 atom stereocenters. The molecule has 0 bridgehead atoms. The molecule has 3 aromatic rings. The number of piperazine rings is 1. The predicted octanol–water partition coefficient (Wildman–Crippen LogP) is 4.87. The highest BCUT2D eigenvalue weighted by Gasteiger charge is 2.22. The van der Waals surface area contributed by atoms with Crippen molar-refractivity contribution in [2.75, 3.05) is 50.7 Å². The van der Waals surface area contributed by atoms with Crippen molar-refractivity contribution in [2.24, 2.45) is 0 Å². The van der Waals surface area contributed by atoms with Crippen LogP contribution in [0.3, 0.4) is 0 Å². The summed E-state index contributed by atoms with van der Waals surface area (Å²) in [4.78, 5) is 20.2. The van der Waals surface area contributed by atoms with Crippen LogP contribution in [0.25, 0.3) is 6.08 Å². The maximum atomic E-state index is 13.3. The molecule has 0 N–H and O–H groups in total. The summed E-state index contributed by atoms with van der Waals surface area (Å²) in [6, 6.07) is 18.5. The van der Waals surface area contributed by atoms with Crippen molar-refractivity contribution < 1.29 is 4.79 Å². The van der Waals surface area contributed by atoms with Gasteiger partial charge in [-0.3, -0.25) is 9.69 Å². The van der Waals surface area contributed by atoms with E-state index in [1.165, 1.54) is 11.3 Å². The zero-order chi connectivity index (χ0) is 23.3. The smallest absolute Gasteiger partial charge is 0.256 e. The minimum Gasteiger partial charge on any atom is -0.369 e. The number of halogens is 1. The number of hydrogen-bond donors (Lipinski definition) is 0. The van der Waals surface area contributed by atoms with Gasteiger partial charge in [-0.1, -0.05) is 54.1 Å². The van der Waals surface area contributed by atoms with Crippen molar-refractivity contribution in [3.05, 3.63) is 94.8 Å². The van der Waals surface area contributed by atoms with Crippen LogP contribution >= 0.6 is 11.6 Å². The Balaban J connectivity index is 1.12. The number of carbonyl (C=O) groups excluding carboxylic acids is 1. The Kier molecular flexibility index (Phi) is 7.02. The molecule has 0 radical (unpaired) electrons. The molecule has 5 rings (SSSR count). The van der Waals surface area contributed by atoms with Crippen LogP contribution in [0.15, 0.2) is 73.1 Å². The van der Waals surface area contributed by atoms with Gasteiger partial charge in [-0.2, -0.15) is 0 Å². The zero-order valence-electron chi connectivity index (χ0n) is 19.4. The van der Waals surface area contributed by atoms with Crippen LogP contribution in [0.1, 0.15) is 27.9 Å². The molecule has 2 aliphatic rings. The molecule has 0 unspecified atom stereocenters. The first-order valence-electron chi connectivity index (χ1n) is 12.1. The van der Waals surface area contributed by atoms with Gasteiger partial charge in [0.05, 0.1) is 5.56 Å². The molecular weight excluding hydrogens is 444 g/mol. The molecule has 176 valence electrons. The van der Waals surface area contributed by atoms with Crippen LogP contribution in [0.4, 0.5) is 5.69 Å². The summed E-state index contributed by atoms with van der Waals surface area (Å²) in [5.41, 5.74) is 4.29. The van der Waals surface area contributed by atoms with Crippen molar-refractivity contribution in [1.29, 1.82) is 0 Å². The van der Waals surface area contributed by atoms with Gasteiger partial charge >= 0.3 is 0 Å². The van der Waals surface area contributed by atoms with Crippen LogP contribution in [-0.2, 0) is 6.54 Å². The van der Waals surface area contributed by atoms with Gasteiger partial charge < -0.3 is 14.4 Å². The summed E-state index contributed by atoms with van der Waals surface area (Å²) in [6.07, 6.45) is 9.27. The molecule has 2 aliphatic heterocycles.